The van der Waals surface area contributed by atoms with E-state index in [1.54, 1.807) is 19.1 Å². The predicted octanol–water partition coefficient (Wildman–Crippen LogP) is 3.08. The molecule has 0 N–H and O–H groups in total. The number of anilines is 1. The molecule has 1 heterocycles. The highest BCUT2D eigenvalue weighted by molar-refractivity contribution is 7.91. The van der Waals surface area contributed by atoms with Crippen molar-refractivity contribution in [2.45, 2.75) is 37.1 Å². The molecule has 0 aliphatic carbocycles. The van der Waals surface area contributed by atoms with E-state index in [1.807, 2.05) is 12.1 Å². The minimum atomic E-state index is -3.19. The van der Waals surface area contributed by atoms with E-state index in [0.717, 1.165) is 31.5 Å². The van der Waals surface area contributed by atoms with Crippen LogP contribution in [0, 0.1) is 0 Å². The van der Waals surface area contributed by atoms with E-state index < -0.39 is 9.84 Å². The van der Waals surface area contributed by atoms with E-state index >= 15 is 0 Å². The first-order valence-corrected chi connectivity index (χ1v) is 8.93. The number of nitrogens with zero attached hydrogens (tertiary/aromatic N) is 1. The highest BCUT2D eigenvalue weighted by atomic mass is 35.5. The first kappa shape index (κ1) is 14.7. The molecule has 2 rings (SSSR count). The van der Waals surface area contributed by atoms with Crippen molar-refractivity contribution in [1.29, 1.82) is 0 Å². The van der Waals surface area contributed by atoms with Crippen molar-refractivity contribution in [2.24, 2.45) is 0 Å². The van der Waals surface area contributed by atoms with Gasteiger partial charge in [-0.2, -0.15) is 0 Å². The van der Waals surface area contributed by atoms with E-state index in [0.29, 0.717) is 10.8 Å². The Kier molecular flexibility index (Phi) is 4.74. The summed E-state index contributed by atoms with van der Waals surface area (Å²) in [5.41, 5.74) is 0.815. The fourth-order valence-corrected chi connectivity index (χ4v) is 4.01. The molecule has 19 heavy (non-hydrogen) atoms. The van der Waals surface area contributed by atoms with E-state index in [4.69, 9.17) is 11.6 Å². The lowest BCUT2D eigenvalue weighted by molar-refractivity contribution is 0.485. The van der Waals surface area contributed by atoms with Gasteiger partial charge in [-0.25, -0.2) is 8.42 Å². The van der Waals surface area contributed by atoms with E-state index in [2.05, 4.69) is 4.90 Å². The summed E-state index contributed by atoms with van der Waals surface area (Å²) in [5.74, 6) is 0.671. The minimum Gasteiger partial charge on any atom is -0.366 e. The molecule has 0 saturated carbocycles. The molecule has 5 heteroatoms. The lowest BCUT2D eigenvalue weighted by Gasteiger charge is -2.37. The van der Waals surface area contributed by atoms with Gasteiger partial charge in [0.15, 0.2) is 9.84 Å². The molecule has 0 aromatic heterocycles. The number of benzene rings is 1. The van der Waals surface area contributed by atoms with Crippen LogP contribution >= 0.6 is 11.6 Å². The smallest absolute Gasteiger partial charge is 0.180 e. The maximum atomic E-state index is 12.2. The maximum absolute atomic E-state index is 12.2. The lowest BCUT2D eigenvalue weighted by atomic mass is 10.0. The Bertz CT molecular complexity index is 530. The van der Waals surface area contributed by atoms with Crippen molar-refractivity contribution >= 4 is 27.1 Å². The van der Waals surface area contributed by atoms with Gasteiger partial charge in [0.05, 0.1) is 16.3 Å². The quantitative estimate of drug-likeness (QED) is 0.802. The first-order valence-electron chi connectivity index (χ1n) is 6.74. The number of hydrogen-bond donors (Lipinski definition) is 0. The largest absolute Gasteiger partial charge is 0.366 e. The van der Waals surface area contributed by atoms with Crippen LogP contribution < -0.4 is 4.90 Å². The average molecular weight is 302 g/mol. The molecule has 0 amide bonds. The Morgan fingerprint density at radius 1 is 1.32 bits per heavy atom. The number of hydrogen-bond acceptors (Lipinski definition) is 3. The number of para-hydroxylation sites is 1. The zero-order chi connectivity index (χ0) is 13.9. The van der Waals surface area contributed by atoms with Gasteiger partial charge in [-0.3, -0.25) is 0 Å². The molecule has 1 saturated heterocycles. The zero-order valence-electron chi connectivity index (χ0n) is 11.2. The van der Waals surface area contributed by atoms with Crippen LogP contribution in [0.2, 0.25) is 0 Å². The van der Waals surface area contributed by atoms with Gasteiger partial charge in [-0.1, -0.05) is 19.1 Å². The van der Waals surface area contributed by atoms with Crippen LogP contribution in [0.15, 0.2) is 29.2 Å². The van der Waals surface area contributed by atoms with Gasteiger partial charge in [-0.15, -0.1) is 11.6 Å². The molecule has 1 atom stereocenters. The van der Waals surface area contributed by atoms with Gasteiger partial charge >= 0.3 is 0 Å². The van der Waals surface area contributed by atoms with Crippen LogP contribution in [0.5, 0.6) is 0 Å². The fourth-order valence-electron chi connectivity index (χ4n) is 2.59. The average Bonchev–Trinajstić information content (AvgIpc) is 2.47. The molecular formula is C14H20ClNO2S. The number of sulfone groups is 1. The normalized spacial score (nSPS) is 20.5. The second-order valence-corrected chi connectivity index (χ2v) is 7.42. The summed E-state index contributed by atoms with van der Waals surface area (Å²) >= 11 is 6.03. The standard InChI is InChI=1S/C14H20ClNO2S/c1-2-19(17,18)14-9-4-3-8-13(14)16-10-6-5-7-12(16)11-15/h3-4,8-9,12H,2,5-7,10-11H2,1H3. The Balaban J connectivity index is 2.44. The molecule has 1 unspecified atom stereocenters. The Morgan fingerprint density at radius 2 is 2.05 bits per heavy atom. The number of alkyl halides is 1. The monoisotopic (exact) mass is 301 g/mol. The van der Waals surface area contributed by atoms with Gasteiger partial charge in [0.2, 0.25) is 0 Å². The summed E-state index contributed by atoms with van der Waals surface area (Å²) in [7, 11) is -3.19. The van der Waals surface area contributed by atoms with Gasteiger partial charge in [-0.05, 0) is 31.4 Å². The van der Waals surface area contributed by atoms with Crippen molar-refractivity contribution in [3.63, 3.8) is 0 Å². The van der Waals surface area contributed by atoms with Gasteiger partial charge in [0.1, 0.15) is 0 Å². The van der Waals surface area contributed by atoms with E-state index in [1.165, 1.54) is 0 Å². The molecule has 0 radical (unpaired) electrons. The second kappa shape index (κ2) is 6.14. The van der Waals surface area contributed by atoms with Crippen molar-refractivity contribution < 1.29 is 8.42 Å². The van der Waals surface area contributed by atoms with Crippen molar-refractivity contribution in [3.05, 3.63) is 24.3 Å². The van der Waals surface area contributed by atoms with Crippen LogP contribution in [0.1, 0.15) is 26.2 Å². The van der Waals surface area contributed by atoms with Gasteiger partial charge in [0.25, 0.3) is 0 Å². The molecule has 1 aromatic carbocycles. The Labute approximate surface area is 120 Å². The summed E-state index contributed by atoms with van der Waals surface area (Å²) in [6, 6.07) is 7.51. The van der Waals surface area contributed by atoms with Gasteiger partial charge in [0, 0.05) is 18.5 Å². The lowest BCUT2D eigenvalue weighted by Crippen LogP contribution is -2.41. The van der Waals surface area contributed by atoms with Crippen molar-refractivity contribution in [1.82, 2.24) is 0 Å². The zero-order valence-corrected chi connectivity index (χ0v) is 12.8. The van der Waals surface area contributed by atoms with Crippen molar-refractivity contribution in [2.75, 3.05) is 23.1 Å². The Hall–Kier alpha value is -0.740. The van der Waals surface area contributed by atoms with Gasteiger partial charge < -0.3 is 4.90 Å². The summed E-state index contributed by atoms with van der Waals surface area (Å²) in [6.07, 6.45) is 3.29. The molecule has 1 aliphatic rings. The highest BCUT2D eigenvalue weighted by Crippen LogP contribution is 2.31. The third-order valence-electron chi connectivity index (χ3n) is 3.70. The molecule has 0 spiro atoms. The molecule has 1 aliphatic heterocycles. The van der Waals surface area contributed by atoms with Crippen LogP contribution in [0.4, 0.5) is 5.69 Å². The molecule has 0 bridgehead atoms. The van der Waals surface area contributed by atoms with Crippen LogP contribution in [0.3, 0.4) is 0 Å². The van der Waals surface area contributed by atoms with Crippen LogP contribution in [0.25, 0.3) is 0 Å². The molecule has 106 valence electrons. The highest BCUT2D eigenvalue weighted by Gasteiger charge is 2.26. The molecule has 1 aromatic rings. The van der Waals surface area contributed by atoms with Crippen LogP contribution in [-0.2, 0) is 9.84 Å². The molecular weight excluding hydrogens is 282 g/mol. The number of piperidine rings is 1. The van der Waals surface area contributed by atoms with Crippen molar-refractivity contribution in [3.8, 4) is 0 Å². The number of rotatable bonds is 4. The van der Waals surface area contributed by atoms with Crippen LogP contribution in [-0.4, -0.2) is 32.6 Å². The number of halogens is 1. The minimum absolute atomic E-state index is 0.128. The van der Waals surface area contributed by atoms with E-state index in [9.17, 15) is 8.42 Å². The molecule has 1 fully saturated rings. The molecule has 3 nitrogen and oxygen atoms in total. The summed E-state index contributed by atoms with van der Waals surface area (Å²) in [5, 5.41) is 0. The Morgan fingerprint density at radius 3 is 2.74 bits per heavy atom. The van der Waals surface area contributed by atoms with E-state index in [-0.39, 0.29) is 11.8 Å². The third-order valence-corrected chi connectivity index (χ3v) is 5.83. The summed E-state index contributed by atoms with van der Waals surface area (Å²) in [4.78, 5) is 2.61. The topological polar surface area (TPSA) is 37.4 Å². The predicted molar refractivity (Wildman–Crippen MR) is 79.9 cm³/mol. The third kappa shape index (κ3) is 3.06. The SMILES string of the molecule is CCS(=O)(=O)c1ccccc1N1CCCCC1CCl. The summed E-state index contributed by atoms with van der Waals surface area (Å²) in [6.45, 7) is 2.56. The maximum Gasteiger partial charge on any atom is 0.180 e. The summed E-state index contributed by atoms with van der Waals surface area (Å²) < 4.78 is 24.4. The fraction of sp³-hybridized carbons (Fsp3) is 0.571. The second-order valence-electron chi connectivity index (χ2n) is 4.87. The first-order chi connectivity index (χ1) is 9.10.